The number of benzene rings is 1. The second kappa shape index (κ2) is 3.01. The van der Waals surface area contributed by atoms with Crippen LogP contribution in [0.5, 0.6) is 0 Å². The Morgan fingerprint density at radius 3 is 2.64 bits per heavy atom. The molecule has 0 radical (unpaired) electrons. The van der Waals surface area contributed by atoms with E-state index in [4.69, 9.17) is 0 Å². The lowest BCUT2D eigenvalue weighted by molar-refractivity contribution is -0.129. The van der Waals surface area contributed by atoms with Gasteiger partial charge in [0.15, 0.2) is 0 Å². The normalized spacial score (nSPS) is 15.5. The van der Waals surface area contributed by atoms with E-state index in [1.54, 1.807) is 18.2 Å². The molecule has 74 valence electrons. The van der Waals surface area contributed by atoms with E-state index in [1.165, 1.54) is 12.3 Å². The van der Waals surface area contributed by atoms with Crippen LogP contribution in [0.4, 0.5) is 18.9 Å². The van der Waals surface area contributed by atoms with Crippen LogP contribution in [-0.2, 0) is 0 Å². The molecule has 0 spiro atoms. The molecule has 0 aromatic heterocycles. The third-order valence-corrected chi connectivity index (χ3v) is 1.99. The van der Waals surface area contributed by atoms with Gasteiger partial charge in [0.05, 0.1) is 5.69 Å². The summed E-state index contributed by atoms with van der Waals surface area (Å²) < 4.78 is 37.4. The quantitative estimate of drug-likeness (QED) is 0.587. The van der Waals surface area contributed by atoms with Crippen molar-refractivity contribution in [3.8, 4) is 0 Å². The number of hydrogen-bond donors (Lipinski definition) is 0. The molecule has 0 atom stereocenters. The van der Waals surface area contributed by atoms with Gasteiger partial charge < -0.3 is 0 Å². The first-order valence-electron chi connectivity index (χ1n) is 4.02. The maximum atomic E-state index is 12.5. The van der Waals surface area contributed by atoms with Crippen LogP contribution in [0.3, 0.4) is 0 Å². The van der Waals surface area contributed by atoms with E-state index in [9.17, 15) is 13.2 Å². The summed E-state index contributed by atoms with van der Waals surface area (Å²) in [6.45, 7) is -0.361. The Hall–Kier alpha value is -1.52. The third-order valence-electron chi connectivity index (χ3n) is 1.99. The largest absolute Gasteiger partial charge is 0.486 e. The van der Waals surface area contributed by atoms with Crippen LogP contribution in [-0.4, -0.2) is 19.2 Å². The van der Waals surface area contributed by atoms with Gasteiger partial charge in [-0.05, 0) is 6.07 Å². The summed E-state index contributed by atoms with van der Waals surface area (Å²) in [5.41, 5.74) is 0.658. The molecule has 1 aromatic carbocycles. The Labute approximate surface area is 78.7 Å². The second-order valence-corrected chi connectivity index (χ2v) is 2.91. The Kier molecular flexibility index (Phi) is 1.94. The molecule has 1 aliphatic rings. The van der Waals surface area contributed by atoms with Crippen molar-refractivity contribution >= 4 is 11.9 Å². The van der Waals surface area contributed by atoms with E-state index < -0.39 is 6.30 Å². The Morgan fingerprint density at radius 2 is 1.93 bits per heavy atom. The summed E-state index contributed by atoms with van der Waals surface area (Å²) in [4.78, 5) is 3.97. The van der Waals surface area contributed by atoms with Gasteiger partial charge in [-0.25, -0.2) is 0 Å². The lowest BCUT2D eigenvalue weighted by atomic mass is 10.1. The molecule has 5 heteroatoms. The van der Waals surface area contributed by atoms with Crippen molar-refractivity contribution in [3.05, 3.63) is 29.8 Å². The van der Waals surface area contributed by atoms with E-state index in [2.05, 4.69) is 4.99 Å². The molecule has 0 N–H and O–H groups in total. The molecule has 14 heavy (non-hydrogen) atoms. The molecule has 0 aliphatic carbocycles. The van der Waals surface area contributed by atoms with Gasteiger partial charge in [0.1, 0.15) is 6.67 Å². The highest BCUT2D eigenvalue weighted by Gasteiger charge is 2.38. The van der Waals surface area contributed by atoms with Gasteiger partial charge in [0.2, 0.25) is 0 Å². The van der Waals surface area contributed by atoms with Crippen molar-refractivity contribution in [2.75, 3.05) is 11.6 Å². The minimum Gasteiger partial charge on any atom is -0.271 e. The van der Waals surface area contributed by atoms with Gasteiger partial charge in [-0.15, -0.1) is 0 Å². The average molecular weight is 200 g/mol. The number of hydrogen-bond acceptors (Lipinski definition) is 2. The van der Waals surface area contributed by atoms with Gasteiger partial charge in [-0.1, -0.05) is 18.2 Å². The summed E-state index contributed by atoms with van der Waals surface area (Å²) in [5.74, 6) is 0. The zero-order valence-electron chi connectivity index (χ0n) is 7.12. The van der Waals surface area contributed by atoms with Crippen LogP contribution < -0.4 is 4.90 Å². The molecule has 0 unspecified atom stereocenters. The van der Waals surface area contributed by atoms with Crippen molar-refractivity contribution in [1.82, 2.24) is 0 Å². The fourth-order valence-corrected chi connectivity index (χ4v) is 1.36. The first-order valence-corrected chi connectivity index (χ1v) is 4.02. The number of halogens is 3. The Balaban J connectivity index is 2.46. The highest BCUT2D eigenvalue weighted by atomic mass is 19.4. The molecule has 1 heterocycles. The number of nitrogens with zero attached hydrogens (tertiary/aromatic N) is 2. The van der Waals surface area contributed by atoms with Crippen LogP contribution in [0.1, 0.15) is 5.56 Å². The van der Waals surface area contributed by atoms with E-state index in [0.717, 1.165) is 0 Å². The fraction of sp³-hybridized carbons (Fsp3) is 0.222. The standard InChI is InChI=1S/C9H7F3N2/c10-9(11,12)14-6-13-5-7-3-1-2-4-8(7)14/h1-5H,6H2. The Morgan fingerprint density at radius 1 is 1.21 bits per heavy atom. The van der Waals surface area contributed by atoms with Gasteiger partial charge in [-0.3, -0.25) is 9.89 Å². The molecular weight excluding hydrogens is 193 g/mol. The molecule has 2 nitrogen and oxygen atoms in total. The molecule has 0 saturated heterocycles. The maximum Gasteiger partial charge on any atom is 0.486 e. The van der Waals surface area contributed by atoms with Crippen LogP contribution >= 0.6 is 0 Å². The molecule has 1 aliphatic heterocycles. The lowest BCUT2D eigenvalue weighted by Gasteiger charge is -2.28. The number of rotatable bonds is 0. The number of alkyl halides is 3. The molecule has 0 fully saturated rings. The smallest absolute Gasteiger partial charge is 0.271 e. The van der Waals surface area contributed by atoms with Crippen LogP contribution in [0.25, 0.3) is 0 Å². The highest BCUT2D eigenvalue weighted by molar-refractivity contribution is 5.89. The molecule has 0 saturated carbocycles. The zero-order valence-corrected chi connectivity index (χ0v) is 7.12. The predicted octanol–water partition coefficient (Wildman–Crippen LogP) is 2.40. The molecule has 0 bridgehead atoms. The Bertz CT molecular complexity index is 371. The average Bonchev–Trinajstić information content (AvgIpc) is 2.15. The second-order valence-electron chi connectivity index (χ2n) is 2.91. The summed E-state index contributed by atoms with van der Waals surface area (Å²) in [7, 11) is 0. The van der Waals surface area contributed by atoms with E-state index in [1.807, 2.05) is 0 Å². The van der Waals surface area contributed by atoms with E-state index in [0.29, 0.717) is 10.5 Å². The fourth-order valence-electron chi connectivity index (χ4n) is 1.36. The van der Waals surface area contributed by atoms with E-state index >= 15 is 0 Å². The van der Waals surface area contributed by atoms with Gasteiger partial charge in [0, 0.05) is 11.8 Å². The van der Waals surface area contributed by atoms with Crippen molar-refractivity contribution in [3.63, 3.8) is 0 Å². The molecular formula is C9H7F3N2. The lowest BCUT2D eigenvalue weighted by Crippen LogP contribution is -2.40. The molecule has 1 aromatic rings. The van der Waals surface area contributed by atoms with Crippen LogP contribution in [0.2, 0.25) is 0 Å². The van der Waals surface area contributed by atoms with Crippen molar-refractivity contribution < 1.29 is 13.2 Å². The summed E-state index contributed by atoms with van der Waals surface area (Å²) in [6, 6.07) is 6.31. The predicted molar refractivity (Wildman–Crippen MR) is 47.4 cm³/mol. The molecule has 2 rings (SSSR count). The van der Waals surface area contributed by atoms with Crippen LogP contribution in [0, 0.1) is 0 Å². The first kappa shape index (κ1) is 9.05. The number of fused-ring (bicyclic) bond motifs is 1. The highest BCUT2D eigenvalue weighted by Crippen LogP contribution is 2.31. The number of anilines is 1. The van der Waals surface area contributed by atoms with Gasteiger partial charge in [-0.2, -0.15) is 13.2 Å². The van der Waals surface area contributed by atoms with Gasteiger partial charge >= 0.3 is 6.30 Å². The summed E-state index contributed by atoms with van der Waals surface area (Å²) >= 11 is 0. The first-order chi connectivity index (χ1) is 6.59. The monoisotopic (exact) mass is 200 g/mol. The topological polar surface area (TPSA) is 15.6 Å². The number of aliphatic imine (C=N–C) groups is 1. The van der Waals surface area contributed by atoms with Crippen molar-refractivity contribution in [1.29, 1.82) is 0 Å². The zero-order chi connectivity index (χ0) is 10.2. The summed E-state index contributed by atoms with van der Waals surface area (Å²) in [5, 5.41) is 0. The third kappa shape index (κ3) is 1.45. The minimum atomic E-state index is -4.37. The van der Waals surface area contributed by atoms with Crippen molar-refractivity contribution in [2.45, 2.75) is 6.30 Å². The molecule has 0 amide bonds. The number of para-hydroxylation sites is 1. The maximum absolute atomic E-state index is 12.5. The van der Waals surface area contributed by atoms with E-state index in [-0.39, 0.29) is 12.4 Å². The van der Waals surface area contributed by atoms with Crippen molar-refractivity contribution in [2.24, 2.45) is 4.99 Å². The summed E-state index contributed by atoms with van der Waals surface area (Å²) in [6.07, 6.45) is -2.91. The minimum absolute atomic E-state index is 0.162. The SMILES string of the molecule is FC(F)(F)N1CN=Cc2ccccc21. The van der Waals surface area contributed by atoms with Gasteiger partial charge in [0.25, 0.3) is 0 Å². The van der Waals surface area contributed by atoms with Crippen LogP contribution in [0.15, 0.2) is 29.3 Å².